The molecule has 0 radical (unpaired) electrons. The second-order valence-corrected chi connectivity index (χ2v) is 7.04. The first-order valence-electron chi connectivity index (χ1n) is 6.49. The minimum absolute atomic E-state index is 0.0943. The van der Waals surface area contributed by atoms with Gasteiger partial charge in [0.25, 0.3) is 0 Å². The van der Waals surface area contributed by atoms with Crippen LogP contribution in [0, 0.1) is 0 Å². The standard InChI is InChI=1S/C13H20N2O4S/c1-10-6-15(7-13(8-16)19-10)20(17,18)9-11-3-2-4-12(14)5-11/h2-5,10,13,16H,6-9,14H2,1H3. The molecule has 2 unspecified atom stereocenters. The lowest BCUT2D eigenvalue weighted by atomic mass is 10.2. The van der Waals surface area contributed by atoms with Crippen molar-refractivity contribution in [3.63, 3.8) is 0 Å². The van der Waals surface area contributed by atoms with Crippen molar-refractivity contribution in [2.75, 3.05) is 25.4 Å². The molecule has 0 bridgehead atoms. The highest BCUT2D eigenvalue weighted by Gasteiger charge is 2.32. The lowest BCUT2D eigenvalue weighted by molar-refractivity contribution is -0.0750. The molecule has 1 aromatic rings. The molecule has 0 amide bonds. The number of hydrogen-bond donors (Lipinski definition) is 2. The molecule has 1 saturated heterocycles. The third-order valence-electron chi connectivity index (χ3n) is 3.19. The first kappa shape index (κ1) is 15.2. The van der Waals surface area contributed by atoms with Crippen LogP contribution < -0.4 is 5.73 Å². The molecule has 6 nitrogen and oxygen atoms in total. The van der Waals surface area contributed by atoms with Crippen molar-refractivity contribution in [3.05, 3.63) is 29.8 Å². The third kappa shape index (κ3) is 3.69. The Balaban J connectivity index is 2.13. The number of aliphatic hydroxyl groups is 1. The van der Waals surface area contributed by atoms with Crippen molar-refractivity contribution >= 4 is 15.7 Å². The summed E-state index contributed by atoms with van der Waals surface area (Å²) in [5, 5.41) is 9.16. The van der Waals surface area contributed by atoms with E-state index in [-0.39, 0.29) is 25.0 Å². The van der Waals surface area contributed by atoms with Crippen molar-refractivity contribution < 1.29 is 18.3 Å². The molecule has 0 saturated carbocycles. The fraction of sp³-hybridized carbons (Fsp3) is 0.538. The minimum Gasteiger partial charge on any atom is -0.399 e. The van der Waals surface area contributed by atoms with Gasteiger partial charge in [-0.3, -0.25) is 0 Å². The highest BCUT2D eigenvalue weighted by molar-refractivity contribution is 7.88. The Bertz CT molecular complexity index is 561. The van der Waals surface area contributed by atoms with Crippen molar-refractivity contribution in [2.24, 2.45) is 0 Å². The van der Waals surface area contributed by atoms with E-state index in [9.17, 15) is 8.42 Å². The number of nitrogen functional groups attached to an aromatic ring is 1. The lowest BCUT2D eigenvalue weighted by Gasteiger charge is -2.35. The molecule has 1 aliphatic heterocycles. The molecule has 7 heteroatoms. The van der Waals surface area contributed by atoms with Gasteiger partial charge in [-0.25, -0.2) is 8.42 Å². The number of anilines is 1. The van der Waals surface area contributed by atoms with Crippen LogP contribution in [0.4, 0.5) is 5.69 Å². The van der Waals surface area contributed by atoms with Gasteiger partial charge in [0.15, 0.2) is 0 Å². The van der Waals surface area contributed by atoms with E-state index in [4.69, 9.17) is 15.6 Å². The molecule has 1 aromatic carbocycles. The highest BCUT2D eigenvalue weighted by atomic mass is 32.2. The first-order chi connectivity index (χ1) is 9.40. The van der Waals surface area contributed by atoms with Crippen LogP contribution in [-0.4, -0.2) is 49.7 Å². The average molecular weight is 300 g/mol. The largest absolute Gasteiger partial charge is 0.399 e. The number of benzene rings is 1. The summed E-state index contributed by atoms with van der Waals surface area (Å²) in [5.41, 5.74) is 6.86. The Hall–Kier alpha value is -1.15. The predicted octanol–water partition coefficient (Wildman–Crippen LogP) is 0.180. The van der Waals surface area contributed by atoms with Gasteiger partial charge in [-0.2, -0.15) is 4.31 Å². The van der Waals surface area contributed by atoms with Crippen LogP contribution in [0.25, 0.3) is 0 Å². The number of ether oxygens (including phenoxy) is 1. The monoisotopic (exact) mass is 300 g/mol. The highest BCUT2D eigenvalue weighted by Crippen LogP contribution is 2.19. The van der Waals surface area contributed by atoms with E-state index in [1.54, 1.807) is 31.2 Å². The zero-order valence-corrected chi connectivity index (χ0v) is 12.2. The lowest BCUT2D eigenvalue weighted by Crippen LogP contribution is -2.50. The fourth-order valence-electron chi connectivity index (χ4n) is 2.32. The normalized spacial score (nSPS) is 24.7. The van der Waals surface area contributed by atoms with Crippen molar-refractivity contribution in [1.29, 1.82) is 0 Å². The van der Waals surface area contributed by atoms with Crippen LogP contribution in [0.3, 0.4) is 0 Å². The van der Waals surface area contributed by atoms with Crippen LogP contribution in [0.1, 0.15) is 12.5 Å². The van der Waals surface area contributed by atoms with E-state index in [1.807, 2.05) is 0 Å². The number of hydrogen-bond acceptors (Lipinski definition) is 5. The van der Waals surface area contributed by atoms with Gasteiger partial charge in [-0.1, -0.05) is 12.1 Å². The van der Waals surface area contributed by atoms with E-state index in [0.29, 0.717) is 17.8 Å². The van der Waals surface area contributed by atoms with Crippen LogP contribution in [-0.2, 0) is 20.5 Å². The number of rotatable bonds is 4. The number of sulfonamides is 1. The molecule has 0 spiro atoms. The van der Waals surface area contributed by atoms with Gasteiger partial charge in [0, 0.05) is 18.8 Å². The maximum Gasteiger partial charge on any atom is 0.218 e. The maximum absolute atomic E-state index is 12.4. The molecule has 2 rings (SSSR count). The van der Waals surface area contributed by atoms with Crippen LogP contribution in [0.15, 0.2) is 24.3 Å². The van der Waals surface area contributed by atoms with Gasteiger partial charge in [0.05, 0.1) is 24.6 Å². The zero-order valence-electron chi connectivity index (χ0n) is 11.4. The molecule has 1 heterocycles. The number of aliphatic hydroxyl groups excluding tert-OH is 1. The van der Waals surface area contributed by atoms with E-state index >= 15 is 0 Å². The van der Waals surface area contributed by atoms with Crippen molar-refractivity contribution in [2.45, 2.75) is 24.9 Å². The summed E-state index contributed by atoms with van der Waals surface area (Å²) in [6.45, 7) is 2.10. The number of nitrogens with two attached hydrogens (primary N) is 1. The Morgan fingerprint density at radius 1 is 1.45 bits per heavy atom. The first-order valence-corrected chi connectivity index (χ1v) is 8.10. The molecule has 2 atom stereocenters. The Labute approximate surface area is 119 Å². The summed E-state index contributed by atoms with van der Waals surface area (Å²) in [7, 11) is -3.44. The van der Waals surface area contributed by atoms with Crippen LogP contribution >= 0.6 is 0 Å². The average Bonchev–Trinajstić information content (AvgIpc) is 2.37. The van der Waals surface area contributed by atoms with Gasteiger partial charge >= 0.3 is 0 Å². The smallest absolute Gasteiger partial charge is 0.218 e. The predicted molar refractivity (Wildman–Crippen MR) is 76.5 cm³/mol. The Kier molecular flexibility index (Phi) is 4.64. The summed E-state index contributed by atoms with van der Waals surface area (Å²) in [6, 6.07) is 6.85. The van der Waals surface area contributed by atoms with Crippen molar-refractivity contribution in [1.82, 2.24) is 4.31 Å². The summed E-state index contributed by atoms with van der Waals surface area (Å²) in [6.07, 6.45) is -0.689. The summed E-state index contributed by atoms with van der Waals surface area (Å²) in [5.74, 6) is -0.0943. The quantitative estimate of drug-likeness (QED) is 0.774. The summed E-state index contributed by atoms with van der Waals surface area (Å²) >= 11 is 0. The molecule has 0 aromatic heterocycles. The number of nitrogens with zero attached hydrogens (tertiary/aromatic N) is 1. The van der Waals surface area contributed by atoms with E-state index in [0.717, 1.165) is 0 Å². The fourth-order valence-corrected chi connectivity index (χ4v) is 3.93. The van der Waals surface area contributed by atoms with Crippen LogP contribution in [0.2, 0.25) is 0 Å². The molecule has 1 aliphatic rings. The maximum atomic E-state index is 12.4. The van der Waals surface area contributed by atoms with Gasteiger partial charge in [-0.05, 0) is 24.6 Å². The second kappa shape index (κ2) is 6.09. The van der Waals surface area contributed by atoms with E-state index in [1.165, 1.54) is 4.31 Å². The Morgan fingerprint density at radius 2 is 2.20 bits per heavy atom. The molecule has 0 aliphatic carbocycles. The molecule has 112 valence electrons. The molecular formula is C13H20N2O4S. The third-order valence-corrected chi connectivity index (χ3v) is 4.97. The van der Waals surface area contributed by atoms with E-state index < -0.39 is 16.1 Å². The molecular weight excluding hydrogens is 280 g/mol. The summed E-state index contributed by atoms with van der Waals surface area (Å²) < 4.78 is 31.7. The SMILES string of the molecule is CC1CN(S(=O)(=O)Cc2cccc(N)c2)CC(CO)O1. The summed E-state index contributed by atoms with van der Waals surface area (Å²) in [4.78, 5) is 0. The van der Waals surface area contributed by atoms with Gasteiger partial charge in [0.2, 0.25) is 10.0 Å². The van der Waals surface area contributed by atoms with Gasteiger partial charge < -0.3 is 15.6 Å². The van der Waals surface area contributed by atoms with E-state index in [2.05, 4.69) is 0 Å². The minimum atomic E-state index is -3.44. The molecule has 1 fully saturated rings. The Morgan fingerprint density at radius 3 is 2.85 bits per heavy atom. The second-order valence-electron chi connectivity index (χ2n) is 5.07. The van der Waals surface area contributed by atoms with Gasteiger partial charge in [-0.15, -0.1) is 0 Å². The van der Waals surface area contributed by atoms with Crippen LogP contribution in [0.5, 0.6) is 0 Å². The number of morpholine rings is 1. The zero-order chi connectivity index (χ0) is 14.8. The molecule has 3 N–H and O–H groups in total. The van der Waals surface area contributed by atoms with Gasteiger partial charge in [0.1, 0.15) is 0 Å². The van der Waals surface area contributed by atoms with Crippen molar-refractivity contribution in [3.8, 4) is 0 Å². The topological polar surface area (TPSA) is 92.9 Å². The molecule has 20 heavy (non-hydrogen) atoms.